The minimum absolute atomic E-state index is 0.261. The van der Waals surface area contributed by atoms with Crippen molar-refractivity contribution in [3.05, 3.63) is 0 Å². The molecular formula is C15H27NO2. The SMILES string of the molecule is C[C@@H](CC(=O)C(=O)NC(C)(C)C)C1CCCCC1. The Bertz CT molecular complexity index is 298. The van der Waals surface area contributed by atoms with Gasteiger partial charge >= 0.3 is 0 Å². The van der Waals surface area contributed by atoms with Crippen molar-refractivity contribution in [3.63, 3.8) is 0 Å². The van der Waals surface area contributed by atoms with Crippen molar-refractivity contribution in [2.75, 3.05) is 0 Å². The molecule has 1 N–H and O–H groups in total. The molecule has 1 aliphatic rings. The first-order chi connectivity index (χ1) is 8.29. The number of Topliss-reactive ketones (excluding diaryl/α,β-unsaturated/α-hetero) is 1. The normalized spacial score (nSPS) is 19.3. The third-order valence-electron chi connectivity index (χ3n) is 3.70. The van der Waals surface area contributed by atoms with Gasteiger partial charge in [0, 0.05) is 12.0 Å². The van der Waals surface area contributed by atoms with Crippen LogP contribution in [0, 0.1) is 11.8 Å². The van der Waals surface area contributed by atoms with Crippen LogP contribution in [0.3, 0.4) is 0 Å². The Hall–Kier alpha value is -0.860. The van der Waals surface area contributed by atoms with Gasteiger partial charge in [-0.2, -0.15) is 0 Å². The molecule has 0 aromatic carbocycles. The van der Waals surface area contributed by atoms with Gasteiger partial charge in [0.05, 0.1) is 0 Å². The highest BCUT2D eigenvalue weighted by atomic mass is 16.2. The van der Waals surface area contributed by atoms with Crippen LogP contribution in [0.25, 0.3) is 0 Å². The van der Waals surface area contributed by atoms with Crippen LogP contribution in [-0.4, -0.2) is 17.2 Å². The zero-order chi connectivity index (χ0) is 13.8. The van der Waals surface area contributed by atoms with E-state index in [9.17, 15) is 9.59 Å². The average Bonchev–Trinajstić information content (AvgIpc) is 2.27. The minimum atomic E-state index is -0.426. The van der Waals surface area contributed by atoms with Gasteiger partial charge in [0.2, 0.25) is 5.78 Å². The molecule has 0 aromatic rings. The summed E-state index contributed by atoms with van der Waals surface area (Å²) in [6.45, 7) is 7.78. The van der Waals surface area contributed by atoms with Gasteiger partial charge in [-0.05, 0) is 32.6 Å². The minimum Gasteiger partial charge on any atom is -0.345 e. The van der Waals surface area contributed by atoms with Gasteiger partial charge in [0.1, 0.15) is 0 Å². The molecule has 0 unspecified atom stereocenters. The predicted octanol–water partition coefficient (Wildman–Crippen LogP) is 3.08. The molecule has 0 radical (unpaired) electrons. The maximum Gasteiger partial charge on any atom is 0.287 e. The van der Waals surface area contributed by atoms with Crippen molar-refractivity contribution in [2.24, 2.45) is 11.8 Å². The lowest BCUT2D eigenvalue weighted by molar-refractivity contribution is -0.139. The van der Waals surface area contributed by atoms with Crippen molar-refractivity contribution in [2.45, 2.75) is 71.8 Å². The maximum absolute atomic E-state index is 11.9. The lowest BCUT2D eigenvalue weighted by Crippen LogP contribution is -2.44. The molecule has 1 rings (SSSR count). The van der Waals surface area contributed by atoms with Crippen molar-refractivity contribution >= 4 is 11.7 Å². The Kier molecular flexibility index (Phi) is 5.36. The number of ketones is 1. The fourth-order valence-electron chi connectivity index (χ4n) is 2.67. The fourth-order valence-corrected chi connectivity index (χ4v) is 2.67. The first kappa shape index (κ1) is 15.2. The number of rotatable bonds is 4. The molecule has 0 aromatic heterocycles. The van der Waals surface area contributed by atoms with Crippen LogP contribution < -0.4 is 5.32 Å². The van der Waals surface area contributed by atoms with Crippen molar-refractivity contribution in [1.82, 2.24) is 5.32 Å². The second-order valence-electron chi connectivity index (χ2n) is 6.71. The van der Waals surface area contributed by atoms with E-state index < -0.39 is 5.91 Å². The number of carbonyl (C=O) groups excluding carboxylic acids is 2. The Morgan fingerprint density at radius 1 is 1.17 bits per heavy atom. The van der Waals surface area contributed by atoms with Crippen LogP contribution >= 0.6 is 0 Å². The zero-order valence-electron chi connectivity index (χ0n) is 12.2. The highest BCUT2D eigenvalue weighted by Gasteiger charge is 2.26. The first-order valence-electron chi connectivity index (χ1n) is 7.15. The summed E-state index contributed by atoms with van der Waals surface area (Å²) in [5.41, 5.74) is -0.333. The molecule has 3 heteroatoms. The number of hydrogen-bond donors (Lipinski definition) is 1. The van der Waals surface area contributed by atoms with E-state index in [1.54, 1.807) is 0 Å². The van der Waals surface area contributed by atoms with Crippen LogP contribution in [0.1, 0.15) is 66.2 Å². The summed E-state index contributed by atoms with van der Waals surface area (Å²) < 4.78 is 0. The van der Waals surface area contributed by atoms with Crippen molar-refractivity contribution in [3.8, 4) is 0 Å². The average molecular weight is 253 g/mol. The Morgan fingerprint density at radius 3 is 2.22 bits per heavy atom. The van der Waals surface area contributed by atoms with E-state index in [0.29, 0.717) is 18.3 Å². The fraction of sp³-hybridized carbons (Fsp3) is 0.867. The van der Waals surface area contributed by atoms with Crippen molar-refractivity contribution in [1.29, 1.82) is 0 Å². The molecule has 0 spiro atoms. The molecule has 1 aliphatic carbocycles. The van der Waals surface area contributed by atoms with Gasteiger partial charge in [-0.3, -0.25) is 9.59 Å². The highest BCUT2D eigenvalue weighted by Crippen LogP contribution is 2.31. The van der Waals surface area contributed by atoms with Crippen LogP contribution in [0.5, 0.6) is 0 Å². The van der Waals surface area contributed by atoms with E-state index in [-0.39, 0.29) is 11.3 Å². The maximum atomic E-state index is 11.9. The van der Waals surface area contributed by atoms with E-state index in [2.05, 4.69) is 12.2 Å². The topological polar surface area (TPSA) is 46.2 Å². The lowest BCUT2D eigenvalue weighted by atomic mass is 9.79. The quantitative estimate of drug-likeness (QED) is 0.783. The molecule has 0 saturated heterocycles. The zero-order valence-corrected chi connectivity index (χ0v) is 12.2. The third kappa shape index (κ3) is 5.19. The number of nitrogens with one attached hydrogen (secondary N) is 1. The summed E-state index contributed by atoms with van der Waals surface area (Å²) in [6, 6.07) is 0. The van der Waals surface area contributed by atoms with Crippen LogP contribution in [-0.2, 0) is 9.59 Å². The van der Waals surface area contributed by atoms with E-state index in [0.717, 1.165) is 0 Å². The Morgan fingerprint density at radius 2 is 1.72 bits per heavy atom. The van der Waals surface area contributed by atoms with E-state index >= 15 is 0 Å². The van der Waals surface area contributed by atoms with E-state index in [1.165, 1.54) is 32.1 Å². The van der Waals surface area contributed by atoms with Gasteiger partial charge in [0.15, 0.2) is 0 Å². The molecule has 1 fully saturated rings. The summed E-state index contributed by atoms with van der Waals surface area (Å²) in [6.07, 6.45) is 6.70. The molecule has 3 nitrogen and oxygen atoms in total. The van der Waals surface area contributed by atoms with Gasteiger partial charge in [0.25, 0.3) is 5.91 Å². The standard InChI is InChI=1S/C15H27NO2/c1-11(12-8-6-5-7-9-12)10-13(17)14(18)16-15(2,3)4/h11-12H,5-10H2,1-4H3,(H,16,18)/t11-/m0/s1. The summed E-state index contributed by atoms with van der Waals surface area (Å²) >= 11 is 0. The molecule has 1 atom stereocenters. The Balaban J connectivity index is 2.41. The second kappa shape index (κ2) is 6.35. The molecule has 0 heterocycles. The first-order valence-corrected chi connectivity index (χ1v) is 7.15. The van der Waals surface area contributed by atoms with Crippen LogP contribution in [0.4, 0.5) is 0 Å². The highest BCUT2D eigenvalue weighted by molar-refractivity contribution is 6.36. The largest absolute Gasteiger partial charge is 0.345 e. The smallest absolute Gasteiger partial charge is 0.287 e. The summed E-state index contributed by atoms with van der Waals surface area (Å²) in [7, 11) is 0. The molecule has 1 amide bonds. The predicted molar refractivity (Wildman–Crippen MR) is 73.3 cm³/mol. The third-order valence-corrected chi connectivity index (χ3v) is 3.70. The van der Waals surface area contributed by atoms with E-state index in [1.807, 2.05) is 20.8 Å². The second-order valence-corrected chi connectivity index (χ2v) is 6.71. The number of carbonyl (C=O) groups is 2. The van der Waals surface area contributed by atoms with Crippen LogP contribution in [0.2, 0.25) is 0 Å². The molecule has 1 saturated carbocycles. The summed E-state index contributed by atoms with van der Waals surface area (Å²) in [4.78, 5) is 23.6. The Labute approximate surface area is 111 Å². The van der Waals surface area contributed by atoms with E-state index in [4.69, 9.17) is 0 Å². The number of hydrogen-bond acceptors (Lipinski definition) is 2. The molecule has 0 bridgehead atoms. The summed E-state index contributed by atoms with van der Waals surface area (Å²) in [5, 5.41) is 2.74. The van der Waals surface area contributed by atoms with Crippen LogP contribution in [0.15, 0.2) is 0 Å². The summed E-state index contributed by atoms with van der Waals surface area (Å²) in [5.74, 6) is 0.279. The monoisotopic (exact) mass is 253 g/mol. The van der Waals surface area contributed by atoms with Gasteiger partial charge in [-0.15, -0.1) is 0 Å². The number of amides is 1. The van der Waals surface area contributed by atoms with Gasteiger partial charge in [-0.25, -0.2) is 0 Å². The molecule has 104 valence electrons. The molecule has 0 aliphatic heterocycles. The lowest BCUT2D eigenvalue weighted by Gasteiger charge is -2.27. The van der Waals surface area contributed by atoms with Gasteiger partial charge < -0.3 is 5.32 Å². The molecular weight excluding hydrogens is 226 g/mol. The van der Waals surface area contributed by atoms with Gasteiger partial charge in [-0.1, -0.05) is 39.0 Å². The molecule has 18 heavy (non-hydrogen) atoms. The van der Waals surface area contributed by atoms with Crippen molar-refractivity contribution < 1.29 is 9.59 Å².